The van der Waals surface area contributed by atoms with Gasteiger partial charge in [0.25, 0.3) is 0 Å². The highest BCUT2D eigenvalue weighted by molar-refractivity contribution is 5.26. The highest BCUT2D eigenvalue weighted by Gasteiger charge is 2.73. The Morgan fingerprint density at radius 2 is 2.29 bits per heavy atom. The van der Waals surface area contributed by atoms with Crippen molar-refractivity contribution in [3.8, 4) is 0 Å². The monoisotopic (exact) mass is 194 g/mol. The highest BCUT2D eigenvalue weighted by atomic mass is 16.3. The molecular weight excluding hydrogens is 176 g/mol. The Hall–Kier alpha value is -0.340. The van der Waals surface area contributed by atoms with Gasteiger partial charge in [-0.2, -0.15) is 0 Å². The molecule has 3 aliphatic rings. The predicted molar refractivity (Wildman–Crippen MR) is 53.6 cm³/mol. The van der Waals surface area contributed by atoms with E-state index < -0.39 is 0 Å². The topological polar surface area (TPSA) is 40.5 Å². The van der Waals surface area contributed by atoms with Crippen molar-refractivity contribution < 1.29 is 10.2 Å². The summed E-state index contributed by atoms with van der Waals surface area (Å²) in [7, 11) is 0. The van der Waals surface area contributed by atoms with Gasteiger partial charge in [-0.25, -0.2) is 0 Å². The summed E-state index contributed by atoms with van der Waals surface area (Å²) in [6, 6.07) is 0. The molecule has 0 amide bonds. The standard InChI is InChI=1S/C12H18O2/c1-11-5-2-3-8(14)10(11)12(7-13)6-4-9(11)12/h2-3,8-10,13-14H,4-7H2,1H3. The molecule has 0 radical (unpaired) electrons. The smallest absolute Gasteiger partial charge is 0.0760 e. The van der Waals surface area contributed by atoms with Crippen LogP contribution < -0.4 is 0 Å². The molecule has 0 saturated heterocycles. The van der Waals surface area contributed by atoms with Crippen LogP contribution in [-0.4, -0.2) is 22.9 Å². The fourth-order valence-corrected chi connectivity index (χ4v) is 4.65. The second-order valence-corrected chi connectivity index (χ2v) is 5.59. The van der Waals surface area contributed by atoms with Crippen LogP contribution >= 0.6 is 0 Å². The average molecular weight is 194 g/mol. The summed E-state index contributed by atoms with van der Waals surface area (Å²) in [6.07, 6.45) is 7.14. The van der Waals surface area contributed by atoms with Crippen molar-refractivity contribution in [3.05, 3.63) is 12.2 Å². The van der Waals surface area contributed by atoms with Gasteiger partial charge in [0, 0.05) is 17.9 Å². The van der Waals surface area contributed by atoms with E-state index in [-0.39, 0.29) is 23.5 Å². The van der Waals surface area contributed by atoms with Crippen LogP contribution in [0, 0.1) is 22.7 Å². The Morgan fingerprint density at radius 3 is 2.86 bits per heavy atom. The summed E-state index contributed by atoms with van der Waals surface area (Å²) in [6.45, 7) is 2.55. The molecule has 2 heteroatoms. The highest BCUT2D eigenvalue weighted by Crippen LogP contribution is 2.76. The van der Waals surface area contributed by atoms with E-state index in [0.717, 1.165) is 12.8 Å². The van der Waals surface area contributed by atoms with Gasteiger partial charge in [0.2, 0.25) is 0 Å². The lowest BCUT2D eigenvalue weighted by Gasteiger charge is -2.75. The van der Waals surface area contributed by atoms with Crippen LogP contribution in [0.25, 0.3) is 0 Å². The maximum atomic E-state index is 9.99. The summed E-state index contributed by atoms with van der Waals surface area (Å²) in [5, 5.41) is 19.5. The fraction of sp³-hybridized carbons (Fsp3) is 0.833. The lowest BCUT2D eigenvalue weighted by atomic mass is 9.29. The van der Waals surface area contributed by atoms with E-state index in [9.17, 15) is 10.2 Å². The first-order valence-electron chi connectivity index (χ1n) is 5.61. The molecule has 0 aromatic rings. The minimum atomic E-state index is -0.322. The number of aliphatic hydroxyl groups is 2. The van der Waals surface area contributed by atoms with Gasteiger partial charge in [-0.1, -0.05) is 19.1 Å². The van der Waals surface area contributed by atoms with Gasteiger partial charge in [-0.3, -0.25) is 0 Å². The van der Waals surface area contributed by atoms with Crippen LogP contribution in [0.4, 0.5) is 0 Å². The second kappa shape index (κ2) is 2.42. The van der Waals surface area contributed by atoms with Crippen molar-refractivity contribution in [3.63, 3.8) is 0 Å². The number of fused-ring (bicyclic) bond motifs is 4. The van der Waals surface area contributed by atoms with E-state index >= 15 is 0 Å². The molecule has 5 unspecified atom stereocenters. The number of allylic oxidation sites excluding steroid dienone is 1. The van der Waals surface area contributed by atoms with E-state index in [1.807, 2.05) is 6.08 Å². The summed E-state index contributed by atoms with van der Waals surface area (Å²) in [5.41, 5.74) is 0.355. The van der Waals surface area contributed by atoms with Gasteiger partial charge in [0.05, 0.1) is 6.10 Å². The third-order valence-electron chi connectivity index (χ3n) is 5.25. The first kappa shape index (κ1) is 8.93. The van der Waals surface area contributed by atoms with Gasteiger partial charge >= 0.3 is 0 Å². The van der Waals surface area contributed by atoms with Gasteiger partial charge in [0.1, 0.15) is 0 Å². The minimum absolute atomic E-state index is 0.0823. The number of hydrogen-bond donors (Lipinski definition) is 2. The molecule has 14 heavy (non-hydrogen) atoms. The van der Waals surface area contributed by atoms with Crippen LogP contribution in [-0.2, 0) is 0 Å². The Labute approximate surface area is 84.6 Å². The van der Waals surface area contributed by atoms with Crippen LogP contribution in [0.2, 0.25) is 0 Å². The average Bonchev–Trinajstić information content (AvgIpc) is 2.09. The maximum Gasteiger partial charge on any atom is 0.0760 e. The second-order valence-electron chi connectivity index (χ2n) is 5.59. The van der Waals surface area contributed by atoms with Gasteiger partial charge in [-0.05, 0) is 30.6 Å². The molecule has 2 nitrogen and oxygen atoms in total. The molecule has 0 spiro atoms. The Bertz CT molecular complexity index is 295. The van der Waals surface area contributed by atoms with Crippen molar-refractivity contribution in [2.45, 2.75) is 32.3 Å². The molecule has 3 aliphatic carbocycles. The molecular formula is C12H18O2. The van der Waals surface area contributed by atoms with Crippen LogP contribution in [0.15, 0.2) is 12.2 Å². The van der Waals surface area contributed by atoms with Crippen molar-refractivity contribution in [2.24, 2.45) is 22.7 Å². The van der Waals surface area contributed by atoms with Gasteiger partial charge in [-0.15, -0.1) is 0 Å². The first-order chi connectivity index (χ1) is 6.65. The lowest BCUT2D eigenvalue weighted by molar-refractivity contribution is -0.297. The van der Waals surface area contributed by atoms with E-state index in [4.69, 9.17) is 0 Å². The normalized spacial score (nSPS) is 59.5. The molecule has 2 N–H and O–H groups in total. The van der Waals surface area contributed by atoms with Gasteiger partial charge < -0.3 is 10.2 Å². The SMILES string of the molecule is CC12CC=CC(O)C1C1(CO)CCC21. The quantitative estimate of drug-likeness (QED) is 0.618. The maximum absolute atomic E-state index is 9.99. The summed E-state index contributed by atoms with van der Waals surface area (Å²) in [4.78, 5) is 0. The van der Waals surface area contributed by atoms with Crippen molar-refractivity contribution >= 4 is 0 Å². The predicted octanol–water partition coefficient (Wildman–Crippen LogP) is 1.33. The molecule has 0 aromatic heterocycles. The van der Waals surface area contributed by atoms with Crippen LogP contribution in [0.3, 0.4) is 0 Å². The summed E-state index contributed by atoms with van der Waals surface area (Å²) < 4.78 is 0. The molecule has 0 aliphatic heterocycles. The number of hydrogen-bond acceptors (Lipinski definition) is 2. The molecule has 0 bridgehead atoms. The molecule has 2 saturated carbocycles. The van der Waals surface area contributed by atoms with E-state index in [2.05, 4.69) is 13.0 Å². The third kappa shape index (κ3) is 0.695. The summed E-state index contributed by atoms with van der Waals surface area (Å²) >= 11 is 0. The Kier molecular flexibility index (Phi) is 1.54. The molecule has 3 rings (SSSR count). The largest absolute Gasteiger partial charge is 0.396 e. The molecule has 5 atom stereocenters. The van der Waals surface area contributed by atoms with Crippen molar-refractivity contribution in [1.29, 1.82) is 0 Å². The van der Waals surface area contributed by atoms with Crippen LogP contribution in [0.1, 0.15) is 26.2 Å². The van der Waals surface area contributed by atoms with Crippen LogP contribution in [0.5, 0.6) is 0 Å². The zero-order chi connectivity index (χ0) is 9.97. The third-order valence-corrected chi connectivity index (χ3v) is 5.25. The molecule has 0 aromatic carbocycles. The Balaban J connectivity index is 1.98. The van der Waals surface area contributed by atoms with Crippen molar-refractivity contribution in [1.82, 2.24) is 0 Å². The number of rotatable bonds is 1. The lowest BCUT2D eigenvalue weighted by Crippen LogP contribution is -2.73. The zero-order valence-electron chi connectivity index (χ0n) is 8.61. The molecule has 0 heterocycles. The van der Waals surface area contributed by atoms with E-state index in [1.54, 1.807) is 0 Å². The van der Waals surface area contributed by atoms with Gasteiger partial charge in [0.15, 0.2) is 0 Å². The van der Waals surface area contributed by atoms with E-state index in [1.165, 1.54) is 6.42 Å². The summed E-state index contributed by atoms with van der Waals surface area (Å²) in [5.74, 6) is 0.966. The first-order valence-corrected chi connectivity index (χ1v) is 5.61. The number of aliphatic hydroxyl groups excluding tert-OH is 2. The zero-order valence-corrected chi connectivity index (χ0v) is 8.61. The van der Waals surface area contributed by atoms with Crippen molar-refractivity contribution in [2.75, 3.05) is 6.61 Å². The fourth-order valence-electron chi connectivity index (χ4n) is 4.65. The minimum Gasteiger partial charge on any atom is -0.396 e. The van der Waals surface area contributed by atoms with E-state index in [0.29, 0.717) is 11.8 Å². The molecule has 78 valence electrons. The Morgan fingerprint density at radius 1 is 1.50 bits per heavy atom. The molecule has 2 fully saturated rings.